The van der Waals surface area contributed by atoms with Gasteiger partial charge in [0.25, 0.3) is 0 Å². The second-order valence-electron chi connectivity index (χ2n) is 4.17. The van der Waals surface area contributed by atoms with Crippen LogP contribution in [0.4, 0.5) is 0 Å². The number of hydrogen-bond acceptors (Lipinski definition) is 2. The lowest BCUT2D eigenvalue weighted by atomic mass is 9.87. The summed E-state index contributed by atoms with van der Waals surface area (Å²) in [6, 6.07) is 4.09. The number of benzene rings is 1. The van der Waals surface area contributed by atoms with Gasteiger partial charge >= 0.3 is 0 Å². The molecule has 0 radical (unpaired) electrons. The summed E-state index contributed by atoms with van der Waals surface area (Å²) in [5.74, 6) is 0.899. The summed E-state index contributed by atoms with van der Waals surface area (Å²) in [4.78, 5) is 0. The van der Waals surface area contributed by atoms with Crippen molar-refractivity contribution in [3.8, 4) is 5.75 Å². The lowest BCUT2D eigenvalue weighted by Crippen LogP contribution is -2.13. The minimum Gasteiger partial charge on any atom is -0.493 e. The van der Waals surface area contributed by atoms with Gasteiger partial charge in [-0.3, -0.25) is 0 Å². The number of aryl methyl sites for hydroxylation is 2. The average molecular weight is 206 g/mol. The van der Waals surface area contributed by atoms with Crippen molar-refractivity contribution in [1.82, 2.24) is 0 Å². The van der Waals surface area contributed by atoms with E-state index in [9.17, 15) is 0 Å². The molecule has 0 spiro atoms. The maximum Gasteiger partial charge on any atom is 0.139 e. The van der Waals surface area contributed by atoms with Crippen molar-refractivity contribution in [1.29, 1.82) is 0 Å². The Bertz CT molecular complexity index is 311. The van der Waals surface area contributed by atoms with E-state index in [0.29, 0.717) is 13.0 Å². The van der Waals surface area contributed by atoms with Gasteiger partial charge in [0.2, 0.25) is 0 Å². The van der Waals surface area contributed by atoms with Crippen LogP contribution in [-0.2, 0) is 0 Å². The molecule has 1 aromatic carbocycles. The molecule has 2 nitrogen and oxygen atoms in total. The third-order valence-electron chi connectivity index (χ3n) is 2.70. The highest BCUT2D eigenvalue weighted by atomic mass is 16.5. The van der Waals surface area contributed by atoms with E-state index in [-0.39, 0.29) is 6.10 Å². The predicted molar refractivity (Wildman–Crippen MR) is 65.9 cm³/mol. The van der Waals surface area contributed by atoms with Gasteiger partial charge in [0.15, 0.2) is 0 Å². The Morgan fingerprint density at radius 3 is 2.33 bits per heavy atom. The van der Waals surface area contributed by atoms with Gasteiger partial charge in [0, 0.05) is 6.42 Å². The Morgan fingerprint density at radius 1 is 1.33 bits per heavy atom. The molecule has 1 rings (SSSR count). The molecule has 0 aliphatic rings. The van der Waals surface area contributed by atoms with Crippen molar-refractivity contribution in [2.24, 2.45) is 0 Å². The van der Waals surface area contributed by atoms with Gasteiger partial charge in [-0.05, 0) is 32.9 Å². The van der Waals surface area contributed by atoms with Gasteiger partial charge in [-0.25, -0.2) is 0 Å². The number of aliphatic hydroxyl groups is 1. The molecule has 0 unspecified atom stereocenters. The zero-order valence-corrected chi connectivity index (χ0v) is 10.0. The number of aliphatic hydroxyl groups excluding tert-OH is 1. The van der Waals surface area contributed by atoms with Crippen LogP contribution in [0.25, 0.3) is 0 Å². The van der Waals surface area contributed by atoms with Crippen LogP contribution in [0.5, 0.6) is 5.75 Å². The van der Waals surface area contributed by atoms with Gasteiger partial charge < -0.3 is 9.84 Å². The SMILES string of the molecule is Bc1c(C)cc(OCC[C@@H](C)O)cc1C. The molecule has 82 valence electrons. The second kappa shape index (κ2) is 5.22. The fraction of sp³-hybridized carbons (Fsp3) is 0.500. The molecule has 0 heterocycles. The molecule has 0 saturated heterocycles. The molecular formula is C12H19BO2. The molecule has 0 aromatic heterocycles. The highest BCUT2D eigenvalue weighted by Crippen LogP contribution is 2.14. The number of ether oxygens (including phenoxy) is 1. The van der Waals surface area contributed by atoms with Gasteiger partial charge in [-0.2, -0.15) is 0 Å². The van der Waals surface area contributed by atoms with Crippen molar-refractivity contribution < 1.29 is 9.84 Å². The molecule has 0 saturated carbocycles. The highest BCUT2D eigenvalue weighted by molar-refractivity contribution is 6.34. The van der Waals surface area contributed by atoms with Crippen LogP contribution in [-0.4, -0.2) is 25.7 Å². The first-order valence-corrected chi connectivity index (χ1v) is 5.39. The quantitative estimate of drug-likeness (QED) is 0.735. The van der Waals surface area contributed by atoms with E-state index in [4.69, 9.17) is 9.84 Å². The van der Waals surface area contributed by atoms with Crippen LogP contribution in [0, 0.1) is 13.8 Å². The topological polar surface area (TPSA) is 29.5 Å². The zero-order chi connectivity index (χ0) is 11.4. The van der Waals surface area contributed by atoms with E-state index in [1.54, 1.807) is 6.92 Å². The van der Waals surface area contributed by atoms with Crippen molar-refractivity contribution in [2.45, 2.75) is 33.3 Å². The Kier molecular flexibility index (Phi) is 4.21. The molecule has 0 aliphatic heterocycles. The van der Waals surface area contributed by atoms with E-state index in [0.717, 1.165) is 5.75 Å². The lowest BCUT2D eigenvalue weighted by Gasteiger charge is -2.11. The Balaban J connectivity index is 2.63. The third kappa shape index (κ3) is 3.59. The third-order valence-corrected chi connectivity index (χ3v) is 2.70. The molecule has 1 atom stereocenters. The molecule has 1 N–H and O–H groups in total. The Labute approximate surface area is 92.7 Å². The molecule has 1 aromatic rings. The maximum absolute atomic E-state index is 9.10. The summed E-state index contributed by atoms with van der Waals surface area (Å²) in [7, 11) is 2.12. The van der Waals surface area contributed by atoms with Crippen LogP contribution >= 0.6 is 0 Å². The summed E-state index contributed by atoms with van der Waals surface area (Å²) < 4.78 is 5.57. The number of hydrogen-bond donors (Lipinski definition) is 1. The van der Waals surface area contributed by atoms with Crippen molar-refractivity contribution >= 4 is 13.3 Å². The summed E-state index contributed by atoms with van der Waals surface area (Å²) in [6.07, 6.45) is 0.379. The molecule has 15 heavy (non-hydrogen) atoms. The van der Waals surface area contributed by atoms with E-state index in [2.05, 4.69) is 21.7 Å². The zero-order valence-electron chi connectivity index (χ0n) is 10.0. The van der Waals surface area contributed by atoms with E-state index >= 15 is 0 Å². The minimum absolute atomic E-state index is 0.294. The smallest absolute Gasteiger partial charge is 0.139 e. The van der Waals surface area contributed by atoms with Crippen LogP contribution < -0.4 is 10.2 Å². The van der Waals surface area contributed by atoms with Crippen molar-refractivity contribution in [2.75, 3.05) is 6.61 Å². The Hall–Kier alpha value is -0.955. The fourth-order valence-electron chi connectivity index (χ4n) is 1.43. The summed E-state index contributed by atoms with van der Waals surface area (Å²) in [5.41, 5.74) is 3.82. The van der Waals surface area contributed by atoms with Gasteiger partial charge in [-0.1, -0.05) is 16.6 Å². The average Bonchev–Trinajstić information content (AvgIpc) is 2.13. The minimum atomic E-state index is -0.294. The molecule has 0 amide bonds. The van der Waals surface area contributed by atoms with Crippen LogP contribution in [0.1, 0.15) is 24.5 Å². The second-order valence-corrected chi connectivity index (χ2v) is 4.17. The molecule has 0 fully saturated rings. The van der Waals surface area contributed by atoms with Crippen LogP contribution in [0.3, 0.4) is 0 Å². The first kappa shape index (κ1) is 12.1. The van der Waals surface area contributed by atoms with Gasteiger partial charge in [-0.15, -0.1) is 0 Å². The van der Waals surface area contributed by atoms with Gasteiger partial charge in [0.1, 0.15) is 13.6 Å². The highest BCUT2D eigenvalue weighted by Gasteiger charge is 2.02. The van der Waals surface area contributed by atoms with E-state index in [1.807, 2.05) is 12.1 Å². The molecule has 0 aliphatic carbocycles. The predicted octanol–water partition coefficient (Wildman–Crippen LogP) is 0.712. The van der Waals surface area contributed by atoms with Crippen molar-refractivity contribution in [3.05, 3.63) is 23.3 Å². The maximum atomic E-state index is 9.10. The molecule has 3 heteroatoms. The van der Waals surface area contributed by atoms with Crippen LogP contribution in [0.15, 0.2) is 12.1 Å². The molecular weight excluding hydrogens is 187 g/mol. The largest absolute Gasteiger partial charge is 0.493 e. The van der Waals surface area contributed by atoms with Crippen LogP contribution in [0.2, 0.25) is 0 Å². The summed E-state index contributed by atoms with van der Waals surface area (Å²) >= 11 is 0. The van der Waals surface area contributed by atoms with E-state index in [1.165, 1.54) is 16.6 Å². The summed E-state index contributed by atoms with van der Waals surface area (Å²) in [6.45, 7) is 6.52. The Morgan fingerprint density at radius 2 is 1.87 bits per heavy atom. The normalized spacial score (nSPS) is 12.5. The fourth-order valence-corrected chi connectivity index (χ4v) is 1.43. The first-order chi connectivity index (χ1) is 7.00. The summed E-state index contributed by atoms with van der Waals surface area (Å²) in [5, 5.41) is 9.10. The van der Waals surface area contributed by atoms with Crippen molar-refractivity contribution in [3.63, 3.8) is 0 Å². The van der Waals surface area contributed by atoms with Gasteiger partial charge in [0.05, 0.1) is 12.7 Å². The first-order valence-electron chi connectivity index (χ1n) is 5.39. The van der Waals surface area contributed by atoms with E-state index < -0.39 is 0 Å². The molecule has 0 bridgehead atoms. The number of rotatable bonds is 4. The monoisotopic (exact) mass is 206 g/mol. The lowest BCUT2D eigenvalue weighted by molar-refractivity contribution is 0.155. The standard InChI is InChI=1S/C12H19BO2/c1-8-6-11(7-9(2)12(8)13)15-5-4-10(3)14/h6-7,10,14H,4-5,13H2,1-3H3/t10-/m1/s1.